The van der Waals surface area contributed by atoms with Crippen LogP contribution < -0.4 is 16.8 Å². The van der Waals surface area contributed by atoms with Crippen molar-refractivity contribution < 1.29 is 23.1 Å². The van der Waals surface area contributed by atoms with Crippen LogP contribution in [0.25, 0.3) is 5.69 Å². The van der Waals surface area contributed by atoms with Crippen LogP contribution >= 0.6 is 0 Å². The quantitative estimate of drug-likeness (QED) is 0.312. The number of aromatic hydroxyl groups is 1. The molecule has 0 saturated heterocycles. The summed E-state index contributed by atoms with van der Waals surface area (Å²) in [6.45, 7) is 0. The summed E-state index contributed by atoms with van der Waals surface area (Å²) in [5, 5.41) is 12.8. The molecular weight excluding hydrogens is 293 g/mol. The average Bonchev–Trinajstić information content (AvgIpc) is 2.45. The Morgan fingerprint density at radius 2 is 1.95 bits per heavy atom. The number of aromatic nitrogens is 2. The summed E-state index contributed by atoms with van der Waals surface area (Å²) in [4.78, 5) is 23.0. The summed E-state index contributed by atoms with van der Waals surface area (Å²) in [6.07, 6.45) is 0. The molecule has 0 saturated carbocycles. The third-order valence-corrected chi connectivity index (χ3v) is 2.50. The van der Waals surface area contributed by atoms with Gasteiger partial charge < -0.3 is 5.11 Å². The lowest BCUT2D eigenvalue weighted by Gasteiger charge is -2.09. The zero-order chi connectivity index (χ0) is 15.7. The van der Waals surface area contributed by atoms with E-state index in [-0.39, 0.29) is 0 Å². The van der Waals surface area contributed by atoms with Gasteiger partial charge >= 0.3 is 0 Å². The van der Waals surface area contributed by atoms with E-state index in [9.17, 15) is 27.9 Å². The van der Waals surface area contributed by atoms with Crippen LogP contribution in [0.2, 0.25) is 0 Å². The lowest BCUT2D eigenvalue weighted by atomic mass is 10.2. The molecule has 0 radical (unpaired) electrons. The molecule has 0 bridgehead atoms. The predicted molar refractivity (Wildman–Crippen MR) is 63.0 cm³/mol. The maximum atomic E-state index is 13.6. The highest BCUT2D eigenvalue weighted by Crippen LogP contribution is 2.18. The average molecular weight is 300 g/mol. The van der Waals surface area contributed by atoms with E-state index in [1.165, 1.54) is 0 Å². The van der Waals surface area contributed by atoms with Gasteiger partial charge in [-0.3, -0.25) is 15.0 Å². The highest BCUT2D eigenvalue weighted by molar-refractivity contribution is 5.94. The first-order valence-electron chi connectivity index (χ1n) is 5.35. The summed E-state index contributed by atoms with van der Waals surface area (Å²) in [5.74, 6) is -1.95. The Hall–Kier alpha value is -2.88. The third-order valence-electron chi connectivity index (χ3n) is 2.50. The fraction of sp³-hybridized carbons (Fsp3) is 0. The Morgan fingerprint density at radius 1 is 1.29 bits per heavy atom. The molecule has 1 heterocycles. The fourth-order valence-corrected chi connectivity index (χ4v) is 1.53. The SMILES string of the molecule is NNC(=O)c1nn(-c2ccc(F)c(F)c2F)c(=O)cc1O. The smallest absolute Gasteiger partial charge is 0.289 e. The van der Waals surface area contributed by atoms with Gasteiger partial charge in [-0.15, -0.1) is 0 Å². The molecule has 0 aliphatic rings. The van der Waals surface area contributed by atoms with Crippen LogP contribution in [0.4, 0.5) is 13.2 Å². The van der Waals surface area contributed by atoms with Gasteiger partial charge in [-0.1, -0.05) is 0 Å². The highest BCUT2D eigenvalue weighted by atomic mass is 19.2. The first kappa shape index (κ1) is 14.5. The van der Waals surface area contributed by atoms with Crippen LogP contribution in [0.3, 0.4) is 0 Å². The number of nitrogens with zero attached hydrogens (tertiary/aromatic N) is 2. The first-order chi connectivity index (χ1) is 9.86. The zero-order valence-corrected chi connectivity index (χ0v) is 10.1. The normalized spacial score (nSPS) is 10.5. The molecule has 1 aromatic carbocycles. The van der Waals surface area contributed by atoms with Crippen molar-refractivity contribution in [2.75, 3.05) is 0 Å². The Labute approximate surface area is 114 Å². The van der Waals surface area contributed by atoms with Crippen LogP contribution in [-0.2, 0) is 0 Å². The molecule has 4 N–H and O–H groups in total. The van der Waals surface area contributed by atoms with Gasteiger partial charge in [-0.2, -0.15) is 9.78 Å². The summed E-state index contributed by atoms with van der Waals surface area (Å²) in [7, 11) is 0. The number of amides is 1. The number of rotatable bonds is 2. The van der Waals surface area contributed by atoms with Crippen LogP contribution in [0, 0.1) is 17.5 Å². The van der Waals surface area contributed by atoms with Gasteiger partial charge in [0.25, 0.3) is 11.5 Å². The number of carbonyl (C=O) groups excluding carboxylic acids is 1. The molecule has 0 spiro atoms. The fourth-order valence-electron chi connectivity index (χ4n) is 1.53. The van der Waals surface area contributed by atoms with Gasteiger partial charge in [0.15, 0.2) is 28.9 Å². The van der Waals surface area contributed by atoms with Crippen molar-refractivity contribution in [3.63, 3.8) is 0 Å². The number of hydrogen-bond donors (Lipinski definition) is 3. The van der Waals surface area contributed by atoms with E-state index >= 15 is 0 Å². The van der Waals surface area contributed by atoms with E-state index in [0.29, 0.717) is 16.8 Å². The second kappa shape index (κ2) is 5.25. The minimum Gasteiger partial charge on any atom is -0.505 e. The van der Waals surface area contributed by atoms with E-state index in [0.717, 1.165) is 6.07 Å². The number of nitrogens with one attached hydrogen (secondary N) is 1. The van der Waals surface area contributed by atoms with Crippen molar-refractivity contribution in [3.8, 4) is 11.4 Å². The van der Waals surface area contributed by atoms with Crippen molar-refractivity contribution in [2.45, 2.75) is 0 Å². The molecular formula is C11H7F3N4O3. The van der Waals surface area contributed by atoms with Crippen molar-refractivity contribution in [1.29, 1.82) is 0 Å². The van der Waals surface area contributed by atoms with E-state index in [2.05, 4.69) is 5.10 Å². The number of nitrogens with two attached hydrogens (primary N) is 1. The van der Waals surface area contributed by atoms with Gasteiger partial charge in [-0.05, 0) is 12.1 Å². The van der Waals surface area contributed by atoms with Crippen molar-refractivity contribution in [1.82, 2.24) is 15.2 Å². The number of carbonyl (C=O) groups is 1. The van der Waals surface area contributed by atoms with Crippen LogP contribution in [-0.4, -0.2) is 20.8 Å². The summed E-state index contributed by atoms with van der Waals surface area (Å²) in [5.41, 5.74) is -0.838. The predicted octanol–water partition coefficient (Wildman–Crippen LogP) is -0.0411. The van der Waals surface area contributed by atoms with Gasteiger partial charge in [0.05, 0.1) is 0 Å². The van der Waals surface area contributed by atoms with E-state index in [1.54, 1.807) is 5.43 Å². The van der Waals surface area contributed by atoms with Gasteiger partial charge in [0.1, 0.15) is 5.69 Å². The van der Waals surface area contributed by atoms with Crippen molar-refractivity contribution in [2.24, 2.45) is 5.84 Å². The number of nitrogen functional groups attached to an aromatic ring is 1. The molecule has 10 heteroatoms. The van der Waals surface area contributed by atoms with Crippen molar-refractivity contribution in [3.05, 3.63) is 51.7 Å². The maximum Gasteiger partial charge on any atom is 0.289 e. The molecule has 7 nitrogen and oxygen atoms in total. The molecule has 0 aliphatic heterocycles. The molecule has 0 aliphatic carbocycles. The molecule has 1 amide bonds. The zero-order valence-electron chi connectivity index (χ0n) is 10.1. The molecule has 0 atom stereocenters. The van der Waals surface area contributed by atoms with Crippen LogP contribution in [0.15, 0.2) is 23.0 Å². The Balaban J connectivity index is 2.73. The largest absolute Gasteiger partial charge is 0.505 e. The minimum atomic E-state index is -1.81. The molecule has 21 heavy (non-hydrogen) atoms. The first-order valence-corrected chi connectivity index (χ1v) is 5.35. The Bertz CT molecular complexity index is 791. The number of halogens is 3. The molecule has 0 unspecified atom stereocenters. The number of hydrogen-bond acceptors (Lipinski definition) is 5. The van der Waals surface area contributed by atoms with Gasteiger partial charge in [0.2, 0.25) is 0 Å². The number of hydrazine groups is 1. The van der Waals surface area contributed by atoms with E-state index in [4.69, 9.17) is 5.84 Å². The molecule has 0 fully saturated rings. The number of benzene rings is 1. The molecule has 1 aromatic heterocycles. The van der Waals surface area contributed by atoms with Gasteiger partial charge in [-0.25, -0.2) is 19.0 Å². The Morgan fingerprint density at radius 3 is 2.57 bits per heavy atom. The highest BCUT2D eigenvalue weighted by Gasteiger charge is 2.20. The maximum absolute atomic E-state index is 13.6. The monoisotopic (exact) mass is 300 g/mol. The molecule has 2 aromatic rings. The standard InChI is InChI=1S/C11H7F3N4O3/c12-4-1-2-5(9(14)8(4)13)18-7(20)3-6(19)10(17-18)11(21)16-15/h1-3,19H,15H2,(H,16,21). The minimum absolute atomic E-state index is 0.294. The van der Waals surface area contributed by atoms with Gasteiger partial charge in [0, 0.05) is 6.07 Å². The third kappa shape index (κ3) is 2.43. The summed E-state index contributed by atoms with van der Waals surface area (Å²) in [6, 6.07) is 1.89. The second-order valence-electron chi connectivity index (χ2n) is 3.80. The molecule has 2 rings (SSSR count). The summed E-state index contributed by atoms with van der Waals surface area (Å²) < 4.78 is 40.0. The second-order valence-corrected chi connectivity index (χ2v) is 3.80. The summed E-state index contributed by atoms with van der Waals surface area (Å²) >= 11 is 0. The lowest BCUT2D eigenvalue weighted by Crippen LogP contribution is -2.33. The topological polar surface area (TPSA) is 110 Å². The lowest BCUT2D eigenvalue weighted by molar-refractivity contribution is 0.0943. The molecule has 110 valence electrons. The van der Waals surface area contributed by atoms with E-state index < -0.39 is 46.0 Å². The van der Waals surface area contributed by atoms with E-state index in [1.807, 2.05) is 0 Å². The Kier molecular flexibility index (Phi) is 3.63. The van der Waals surface area contributed by atoms with Crippen LogP contribution in [0.1, 0.15) is 10.5 Å². The van der Waals surface area contributed by atoms with Crippen molar-refractivity contribution >= 4 is 5.91 Å². The van der Waals surface area contributed by atoms with Crippen LogP contribution in [0.5, 0.6) is 5.75 Å².